The Morgan fingerprint density at radius 1 is 0.137 bits per heavy atom. The van der Waals surface area contributed by atoms with Crippen molar-refractivity contribution in [2.24, 2.45) is 0 Å². The number of benzene rings is 20. The fourth-order valence-corrected chi connectivity index (χ4v) is 18.8. The van der Waals surface area contributed by atoms with Crippen LogP contribution in [0.5, 0.6) is 0 Å². The molecule has 0 atom stereocenters. The lowest BCUT2D eigenvalue weighted by atomic mass is 9.94. The zero-order valence-electron chi connectivity index (χ0n) is 68.1. The number of nitrogens with zero attached hydrogens (tertiary/aromatic N) is 2. The van der Waals surface area contributed by atoms with Gasteiger partial charge in [0.1, 0.15) is 11.2 Å². The molecule has 0 radical (unpaired) electrons. The van der Waals surface area contributed by atoms with Crippen LogP contribution in [0.1, 0.15) is 0 Å². The molecule has 3 nitrogen and oxygen atoms in total. The van der Waals surface area contributed by atoms with Crippen molar-refractivity contribution in [1.82, 2.24) is 0 Å². The summed E-state index contributed by atoms with van der Waals surface area (Å²) in [5.74, 6) is 0. The Kier molecular flexibility index (Phi) is 20.7. The molecule has 20 aromatic carbocycles. The molecule has 0 saturated carbocycles. The predicted octanol–water partition coefficient (Wildman–Crippen LogP) is 34.6. The van der Waals surface area contributed by atoms with E-state index in [9.17, 15) is 0 Å². The summed E-state index contributed by atoms with van der Waals surface area (Å²) in [6.07, 6.45) is 0. The minimum Gasteiger partial charge on any atom is -0.455 e. The van der Waals surface area contributed by atoms with Crippen LogP contribution in [0, 0.1) is 0 Å². The van der Waals surface area contributed by atoms with Crippen LogP contribution in [0.25, 0.3) is 176 Å². The number of hydrogen-bond donors (Lipinski definition) is 0. The van der Waals surface area contributed by atoms with Gasteiger partial charge in [0.25, 0.3) is 0 Å². The first-order valence-electron chi connectivity index (χ1n) is 42.3. The monoisotopic (exact) mass is 1600 g/mol. The quantitative estimate of drug-likeness (QED) is 0.0854. The van der Waals surface area contributed by atoms with Crippen LogP contribution < -0.4 is 9.80 Å². The molecule has 0 amide bonds. The van der Waals surface area contributed by atoms with Crippen LogP contribution in [0.2, 0.25) is 0 Å². The molecule has 0 aliphatic rings. The lowest BCUT2D eigenvalue weighted by Gasteiger charge is -2.26. The van der Waals surface area contributed by atoms with E-state index < -0.39 is 0 Å². The maximum absolute atomic E-state index is 6.95. The van der Waals surface area contributed by atoms with E-state index in [4.69, 9.17) is 4.42 Å². The second-order valence-electron chi connectivity index (χ2n) is 31.4. The number of anilines is 6. The van der Waals surface area contributed by atoms with Crippen molar-refractivity contribution < 1.29 is 4.42 Å². The van der Waals surface area contributed by atoms with Crippen LogP contribution in [-0.4, -0.2) is 0 Å². The number of hydrogen-bond acceptors (Lipinski definition) is 4. The zero-order chi connectivity index (χ0) is 82.5. The Balaban J connectivity index is 0.000000152. The maximum Gasteiger partial charge on any atom is 0.143 e. The second-order valence-corrected chi connectivity index (χ2v) is 32.4. The first kappa shape index (κ1) is 75.5. The Bertz CT molecular complexity index is 7390. The third-order valence-corrected chi connectivity index (χ3v) is 25.1. The number of para-hydroxylation sites is 1. The van der Waals surface area contributed by atoms with Gasteiger partial charge in [0.05, 0.1) is 0 Å². The van der Waals surface area contributed by atoms with E-state index in [1.54, 1.807) is 0 Å². The predicted molar refractivity (Wildman–Crippen MR) is 528 cm³/mol. The van der Waals surface area contributed by atoms with Gasteiger partial charge < -0.3 is 14.2 Å². The summed E-state index contributed by atoms with van der Waals surface area (Å²) in [6.45, 7) is 0. The molecular weight excluding hydrogens is 1520 g/mol. The molecule has 22 aromatic rings. The molecule has 0 fully saturated rings. The standard InChI is InChI=1S/C60H41NO.C60H41NS/c1-5-15-42(16-6-1)45-27-33-52(34-28-45)61(53-35-29-46(30-36-53)43-17-7-2-8-18-43)54-37-31-47(32-38-54)49-23-13-24-50(39-49)55-25-14-26-56-58-41-51(44-19-9-3-10-20-44)40-57(60(58)62-59(55)56)48-21-11-4-12-22-48;1-4-13-42(14-5-1)44-25-27-45(28-26-44)47-31-37-53(38-32-47)61(52-35-29-46(30-36-52)43-15-6-2-7-16-43)54-39-33-48(34-40-54)50-19-10-20-51(41-50)56-22-12-24-58-57-23-11-21-55(59(57)62-60(56)58)49-17-8-3-9-18-49/h2*1-41H. The summed E-state index contributed by atoms with van der Waals surface area (Å²) in [4.78, 5) is 4.68. The van der Waals surface area contributed by atoms with E-state index in [2.05, 4.69) is 507 Å². The molecule has 2 aromatic heterocycles. The van der Waals surface area contributed by atoms with E-state index in [1.165, 1.54) is 120 Å². The van der Waals surface area contributed by atoms with E-state index in [0.717, 1.165) is 89.4 Å². The van der Waals surface area contributed by atoms with E-state index in [-0.39, 0.29) is 0 Å². The van der Waals surface area contributed by atoms with Gasteiger partial charge in [-0.25, -0.2) is 0 Å². The van der Waals surface area contributed by atoms with Gasteiger partial charge in [0, 0.05) is 76.2 Å². The fraction of sp³-hybridized carbons (Fsp3) is 0. The first-order chi connectivity index (χ1) is 61.5. The van der Waals surface area contributed by atoms with Gasteiger partial charge in [-0.05, 0) is 219 Å². The third-order valence-electron chi connectivity index (χ3n) is 23.8. The van der Waals surface area contributed by atoms with E-state index in [0.29, 0.717) is 0 Å². The summed E-state index contributed by atoms with van der Waals surface area (Å²) in [6, 6.07) is 179. The summed E-state index contributed by atoms with van der Waals surface area (Å²) in [5.41, 5.74) is 36.8. The van der Waals surface area contributed by atoms with Gasteiger partial charge in [0.2, 0.25) is 0 Å². The highest BCUT2D eigenvalue weighted by molar-refractivity contribution is 7.26. The van der Waals surface area contributed by atoms with Crippen molar-refractivity contribution >= 4 is 87.6 Å². The largest absolute Gasteiger partial charge is 0.455 e. The highest BCUT2D eigenvalue weighted by Crippen LogP contribution is 2.48. The minimum absolute atomic E-state index is 0.893. The third kappa shape index (κ3) is 15.3. The number of furan rings is 1. The summed E-state index contributed by atoms with van der Waals surface area (Å²) >= 11 is 1.90. The summed E-state index contributed by atoms with van der Waals surface area (Å²) < 4.78 is 9.60. The second kappa shape index (κ2) is 34.0. The van der Waals surface area contributed by atoms with Crippen molar-refractivity contribution in [1.29, 1.82) is 0 Å². The lowest BCUT2D eigenvalue weighted by molar-refractivity contribution is 0.671. The van der Waals surface area contributed by atoms with Gasteiger partial charge in [-0.15, -0.1) is 11.3 Å². The van der Waals surface area contributed by atoms with Crippen molar-refractivity contribution in [3.63, 3.8) is 0 Å². The topological polar surface area (TPSA) is 19.6 Å². The first-order valence-corrected chi connectivity index (χ1v) is 43.1. The van der Waals surface area contributed by atoms with Crippen LogP contribution >= 0.6 is 11.3 Å². The van der Waals surface area contributed by atoms with Gasteiger partial charge in [0.15, 0.2) is 0 Å². The normalized spacial score (nSPS) is 11.2. The average Bonchev–Trinajstić information content (AvgIpc) is 1.59. The van der Waals surface area contributed by atoms with Crippen LogP contribution in [0.15, 0.2) is 502 Å². The Labute approximate surface area is 727 Å². The van der Waals surface area contributed by atoms with Crippen molar-refractivity contribution in [3.8, 4) is 134 Å². The van der Waals surface area contributed by atoms with E-state index >= 15 is 0 Å². The van der Waals surface area contributed by atoms with Gasteiger partial charge in [-0.2, -0.15) is 0 Å². The zero-order valence-corrected chi connectivity index (χ0v) is 68.9. The number of rotatable bonds is 18. The van der Waals surface area contributed by atoms with Crippen LogP contribution in [0.4, 0.5) is 34.1 Å². The molecule has 0 aliphatic heterocycles. The molecule has 0 unspecified atom stereocenters. The Morgan fingerprint density at radius 2 is 0.363 bits per heavy atom. The minimum atomic E-state index is 0.893. The average molecular weight is 1600 g/mol. The van der Waals surface area contributed by atoms with E-state index in [1.807, 2.05) is 11.3 Å². The number of fused-ring (bicyclic) bond motifs is 6. The fourth-order valence-electron chi connectivity index (χ4n) is 17.5. The molecular formula is C120H82N2OS. The number of thiophene rings is 1. The molecule has 0 aliphatic carbocycles. The molecule has 0 N–H and O–H groups in total. The molecule has 22 rings (SSSR count). The van der Waals surface area contributed by atoms with Gasteiger partial charge >= 0.3 is 0 Å². The molecule has 124 heavy (non-hydrogen) atoms. The van der Waals surface area contributed by atoms with Gasteiger partial charge in [-0.3, -0.25) is 0 Å². The molecule has 4 heteroatoms. The highest BCUT2D eigenvalue weighted by Gasteiger charge is 2.22. The summed E-state index contributed by atoms with van der Waals surface area (Å²) in [7, 11) is 0. The molecule has 584 valence electrons. The molecule has 0 saturated heterocycles. The Morgan fingerprint density at radius 3 is 0.702 bits per heavy atom. The maximum atomic E-state index is 6.95. The summed E-state index contributed by atoms with van der Waals surface area (Å²) in [5, 5.41) is 4.84. The lowest BCUT2D eigenvalue weighted by Crippen LogP contribution is -2.09. The van der Waals surface area contributed by atoms with Gasteiger partial charge in [-0.1, -0.05) is 400 Å². The Hall–Kier alpha value is -16.0. The van der Waals surface area contributed by atoms with Crippen LogP contribution in [0.3, 0.4) is 0 Å². The van der Waals surface area contributed by atoms with Crippen molar-refractivity contribution in [3.05, 3.63) is 497 Å². The van der Waals surface area contributed by atoms with Crippen LogP contribution in [-0.2, 0) is 0 Å². The molecule has 0 bridgehead atoms. The smallest absolute Gasteiger partial charge is 0.143 e. The van der Waals surface area contributed by atoms with Crippen molar-refractivity contribution in [2.75, 3.05) is 9.80 Å². The van der Waals surface area contributed by atoms with Crippen molar-refractivity contribution in [2.45, 2.75) is 0 Å². The SMILES string of the molecule is c1ccc(-c2ccc(-c3ccc(N(c4ccc(-c5ccccc5)cc4)c4ccc(-c5cccc(-c6cccc7c6sc6c(-c8ccccc8)cccc67)c5)cc4)cc3)cc2)cc1.c1ccc(-c2ccc(N(c3ccc(-c4ccccc4)cc3)c3ccc(-c4cccc(-c5cccc6c5oc5c(-c7ccccc7)cc(-c7ccccc7)cc56)c4)cc3)cc2)cc1. The molecule has 2 heterocycles. The molecule has 0 spiro atoms. The highest BCUT2D eigenvalue weighted by atomic mass is 32.1.